The Kier molecular flexibility index (Phi) is 8.71. The zero-order chi connectivity index (χ0) is 22.9. The number of sulfonamides is 1. The monoisotopic (exact) mass is 446 g/mol. The molecule has 166 valence electrons. The first-order chi connectivity index (χ1) is 14.8. The number of nitrogens with zero attached hydrogens (tertiary/aromatic N) is 2. The van der Waals surface area contributed by atoms with Crippen LogP contribution < -0.4 is 10.6 Å². The van der Waals surface area contributed by atoms with E-state index in [1.807, 2.05) is 19.1 Å². The Balaban J connectivity index is 1.81. The van der Waals surface area contributed by atoms with Crippen LogP contribution in [0.2, 0.25) is 0 Å². The Labute approximate surface area is 182 Å². The quantitative estimate of drug-likeness (QED) is 0.430. The number of carbonyl (C=O) groups is 2. The van der Waals surface area contributed by atoms with Crippen LogP contribution >= 0.6 is 0 Å². The predicted molar refractivity (Wildman–Crippen MR) is 119 cm³/mol. The summed E-state index contributed by atoms with van der Waals surface area (Å²) in [7, 11) is -3.56. The Morgan fingerprint density at radius 1 is 0.968 bits per heavy atom. The zero-order valence-electron chi connectivity index (χ0n) is 17.7. The highest BCUT2D eigenvalue weighted by Crippen LogP contribution is 2.18. The first-order valence-electron chi connectivity index (χ1n) is 9.69. The molecule has 0 saturated heterocycles. The molecule has 0 fully saturated rings. The van der Waals surface area contributed by atoms with Gasteiger partial charge in [0.05, 0.1) is 4.90 Å². The summed E-state index contributed by atoms with van der Waals surface area (Å²) in [5.41, 5.74) is 2.10. The molecule has 0 spiro atoms. The van der Waals surface area contributed by atoms with Gasteiger partial charge < -0.3 is 15.5 Å². The molecule has 0 aliphatic carbocycles. The van der Waals surface area contributed by atoms with Crippen molar-refractivity contribution in [2.75, 3.05) is 30.3 Å². The molecule has 2 amide bonds. The second-order valence-corrected chi connectivity index (χ2v) is 8.46. The molecule has 0 aliphatic rings. The number of hydrogen-bond donors (Lipinski definition) is 2. The molecule has 2 aromatic rings. The molecule has 31 heavy (non-hydrogen) atoms. The van der Waals surface area contributed by atoms with Crippen molar-refractivity contribution >= 4 is 39.4 Å². The van der Waals surface area contributed by atoms with Crippen LogP contribution in [-0.4, -0.2) is 50.4 Å². The van der Waals surface area contributed by atoms with Crippen molar-refractivity contribution < 1.29 is 22.8 Å². The largest absolute Gasteiger partial charge is 0.385 e. The molecule has 0 bridgehead atoms. The van der Waals surface area contributed by atoms with Gasteiger partial charge in [-0.1, -0.05) is 36.7 Å². The highest BCUT2D eigenvalue weighted by molar-refractivity contribution is 7.89. The van der Waals surface area contributed by atoms with Gasteiger partial charge in [0.1, 0.15) is 6.21 Å². The molecule has 0 radical (unpaired) electrons. The summed E-state index contributed by atoms with van der Waals surface area (Å²) in [6, 6.07) is 13.1. The van der Waals surface area contributed by atoms with Crippen LogP contribution in [0.4, 0.5) is 11.4 Å². The maximum absolute atomic E-state index is 12.5. The third kappa shape index (κ3) is 7.19. The standard InChI is InChI=1S/C21H26N4O5S/c1-4-25(5-2)31(28,29)19-12-10-18(11-13-19)24-21(27)15-30-22-14-20(26)23-17-8-6-16(3)7-9-17/h6-14H,4-5,15H2,1-3H3,(H,23,26)(H,24,27). The fourth-order valence-electron chi connectivity index (χ4n) is 2.61. The van der Waals surface area contributed by atoms with Gasteiger partial charge in [0.25, 0.3) is 11.8 Å². The second-order valence-electron chi connectivity index (χ2n) is 6.53. The molecule has 0 aromatic heterocycles. The number of aryl methyl sites for hydroxylation is 1. The van der Waals surface area contributed by atoms with Crippen molar-refractivity contribution in [2.24, 2.45) is 5.16 Å². The van der Waals surface area contributed by atoms with Crippen LogP contribution in [0.1, 0.15) is 19.4 Å². The van der Waals surface area contributed by atoms with Gasteiger partial charge in [0.2, 0.25) is 10.0 Å². The fraction of sp³-hybridized carbons (Fsp3) is 0.286. The highest BCUT2D eigenvalue weighted by atomic mass is 32.2. The summed E-state index contributed by atoms with van der Waals surface area (Å²) in [6.45, 7) is 5.81. The minimum Gasteiger partial charge on any atom is -0.385 e. The van der Waals surface area contributed by atoms with Gasteiger partial charge in [-0.3, -0.25) is 9.59 Å². The lowest BCUT2D eigenvalue weighted by atomic mass is 10.2. The maximum Gasteiger partial charge on any atom is 0.270 e. The van der Waals surface area contributed by atoms with E-state index in [4.69, 9.17) is 4.84 Å². The van der Waals surface area contributed by atoms with E-state index in [1.165, 1.54) is 28.6 Å². The maximum atomic E-state index is 12.5. The average Bonchev–Trinajstić information content (AvgIpc) is 2.74. The van der Waals surface area contributed by atoms with Crippen molar-refractivity contribution in [3.8, 4) is 0 Å². The highest BCUT2D eigenvalue weighted by Gasteiger charge is 2.21. The first kappa shape index (κ1) is 24.0. The van der Waals surface area contributed by atoms with Gasteiger partial charge in [0, 0.05) is 24.5 Å². The van der Waals surface area contributed by atoms with Gasteiger partial charge >= 0.3 is 0 Å². The minimum absolute atomic E-state index is 0.148. The summed E-state index contributed by atoms with van der Waals surface area (Å²) in [5, 5.41) is 8.64. The lowest BCUT2D eigenvalue weighted by Gasteiger charge is -2.18. The van der Waals surface area contributed by atoms with Crippen molar-refractivity contribution in [1.29, 1.82) is 0 Å². The predicted octanol–water partition coefficient (Wildman–Crippen LogP) is 2.61. The van der Waals surface area contributed by atoms with Gasteiger partial charge in [-0.2, -0.15) is 4.31 Å². The molecule has 2 N–H and O–H groups in total. The SMILES string of the molecule is CCN(CC)S(=O)(=O)c1ccc(NC(=O)CON=CC(=O)Nc2ccc(C)cc2)cc1. The van der Waals surface area contributed by atoms with Gasteiger partial charge in [-0.25, -0.2) is 8.42 Å². The van der Waals surface area contributed by atoms with Crippen molar-refractivity contribution in [3.05, 3.63) is 54.1 Å². The Bertz CT molecular complexity index is 1010. The topological polar surface area (TPSA) is 117 Å². The van der Waals surface area contributed by atoms with E-state index in [2.05, 4.69) is 15.8 Å². The second kappa shape index (κ2) is 11.2. The Morgan fingerprint density at radius 3 is 2.10 bits per heavy atom. The van der Waals surface area contributed by atoms with Crippen LogP contribution in [0, 0.1) is 6.92 Å². The minimum atomic E-state index is -3.56. The molecule has 0 unspecified atom stereocenters. The number of anilines is 2. The number of hydrogen-bond acceptors (Lipinski definition) is 6. The van der Waals surface area contributed by atoms with Gasteiger partial charge in [0.15, 0.2) is 6.61 Å². The van der Waals surface area contributed by atoms with Crippen molar-refractivity contribution in [2.45, 2.75) is 25.7 Å². The summed E-state index contributed by atoms with van der Waals surface area (Å²) in [4.78, 5) is 28.6. The van der Waals surface area contributed by atoms with E-state index in [1.54, 1.807) is 26.0 Å². The first-order valence-corrected chi connectivity index (χ1v) is 11.1. The number of rotatable bonds is 10. The summed E-state index contributed by atoms with van der Waals surface area (Å²) in [6.07, 6.45) is 0.931. The molecule has 9 nitrogen and oxygen atoms in total. The lowest BCUT2D eigenvalue weighted by molar-refractivity contribution is -0.120. The van der Waals surface area contributed by atoms with Crippen molar-refractivity contribution in [1.82, 2.24) is 4.31 Å². The van der Waals surface area contributed by atoms with E-state index >= 15 is 0 Å². The van der Waals surface area contributed by atoms with Crippen LogP contribution in [0.5, 0.6) is 0 Å². The number of nitrogens with one attached hydrogen (secondary N) is 2. The van der Waals surface area contributed by atoms with Crippen LogP contribution in [0.25, 0.3) is 0 Å². The van der Waals surface area contributed by atoms with Crippen molar-refractivity contribution in [3.63, 3.8) is 0 Å². The molecule has 0 saturated carbocycles. The van der Waals surface area contributed by atoms with Gasteiger partial charge in [-0.15, -0.1) is 0 Å². The molecular formula is C21H26N4O5S. The normalized spacial score (nSPS) is 11.5. The van der Waals surface area contributed by atoms with E-state index in [0.717, 1.165) is 11.8 Å². The van der Waals surface area contributed by atoms with Crippen LogP contribution in [0.3, 0.4) is 0 Å². The lowest BCUT2D eigenvalue weighted by Crippen LogP contribution is -2.30. The smallest absolute Gasteiger partial charge is 0.270 e. The Morgan fingerprint density at radius 2 is 1.52 bits per heavy atom. The van der Waals surface area contributed by atoms with Gasteiger partial charge in [-0.05, 0) is 43.3 Å². The Hall–Kier alpha value is -3.24. The number of carbonyl (C=O) groups excluding carboxylic acids is 2. The number of benzene rings is 2. The molecule has 2 aromatic carbocycles. The summed E-state index contributed by atoms with van der Waals surface area (Å²) in [5.74, 6) is -0.996. The summed E-state index contributed by atoms with van der Waals surface area (Å²) < 4.78 is 26.3. The van der Waals surface area contributed by atoms with E-state index in [-0.39, 0.29) is 4.90 Å². The zero-order valence-corrected chi connectivity index (χ0v) is 18.5. The third-order valence-corrected chi connectivity index (χ3v) is 6.30. The molecule has 2 rings (SSSR count). The average molecular weight is 447 g/mol. The van der Waals surface area contributed by atoms with E-state index in [0.29, 0.717) is 24.5 Å². The van der Waals surface area contributed by atoms with Crippen LogP contribution in [-0.2, 0) is 24.4 Å². The molecular weight excluding hydrogens is 420 g/mol. The molecule has 0 aliphatic heterocycles. The van der Waals surface area contributed by atoms with E-state index in [9.17, 15) is 18.0 Å². The van der Waals surface area contributed by atoms with Crippen LogP contribution in [0.15, 0.2) is 58.6 Å². The summed E-state index contributed by atoms with van der Waals surface area (Å²) >= 11 is 0. The molecule has 0 atom stereocenters. The third-order valence-electron chi connectivity index (χ3n) is 4.24. The number of oxime groups is 1. The fourth-order valence-corrected chi connectivity index (χ4v) is 4.07. The van der Waals surface area contributed by atoms with E-state index < -0.39 is 28.4 Å². The molecule has 0 heterocycles. The molecule has 10 heteroatoms. The number of amides is 2.